The molecule has 578 valence electrons. The number of hydrogen-bond acceptors (Lipinski definition) is 24. The van der Waals surface area contributed by atoms with Crippen molar-refractivity contribution in [3.63, 3.8) is 0 Å². The van der Waals surface area contributed by atoms with Crippen LogP contribution in [0.25, 0.3) is 0 Å². The number of aliphatic hydroxyl groups excluding tert-OH is 2. The molecule has 0 aliphatic rings. The van der Waals surface area contributed by atoms with Gasteiger partial charge >= 0.3 is 32.0 Å². The monoisotopic (exact) mass is 1490 g/mol. The van der Waals surface area contributed by atoms with E-state index in [0.29, 0.717) is 5.56 Å². The molecular weight excluding hydrogens is 1390 g/mol. The topological polar surface area (TPSA) is 678 Å². The maximum Gasteiger partial charge on any atom is 0.567 e. The third kappa shape index (κ3) is 34.3. The molecule has 0 bridgehead atoms. The average Bonchev–Trinajstić information content (AvgIpc) is 0.843. The molecule has 42 heteroatoms. The quantitative estimate of drug-likeness (QED) is 0.0270. The van der Waals surface area contributed by atoms with Gasteiger partial charge < -0.3 is 106 Å². The molecule has 1 aromatic rings. The summed E-state index contributed by atoms with van der Waals surface area (Å²) in [6, 6.07) is -14.8. The normalized spacial score (nSPS) is 15.8. The minimum absolute atomic E-state index is 0.0489. The van der Waals surface area contributed by atoms with E-state index in [4.69, 9.17) is 16.0 Å². The van der Waals surface area contributed by atoms with Crippen LogP contribution in [0.2, 0.25) is 0 Å². The molecule has 103 heavy (non-hydrogen) atoms. The minimum Gasteiger partial charge on any atom is -0.481 e. The number of aliphatic hydroxyl groups is 2. The van der Waals surface area contributed by atoms with Crippen LogP contribution in [0.4, 0.5) is 0 Å². The molecule has 0 spiro atoms. The van der Waals surface area contributed by atoms with Gasteiger partial charge in [0.25, 0.3) is 0 Å². The standard InChI is InChI=1S/C61H97N14O27P/c1-26(2)22-38(70-51(87)34(62)25-76)55(91)66-36(18-21-43(81)82)53(89)72-46(28(5)6)58(94)75-48(32(10)102-103(99,100)101)60(96)67-35(17-20-42(79)80)52(88)64-29(7)49(85)69-40(24-44(83)84)54(90)65-30(8)50(86)74-47(31(9)77)59(95)71-39(23-33-14-12-11-13-15-33)56(92)73-45(27(3)4)57(93)68-37(61(97)98)16-19-41(63)78/h11-15,26-32,34-40,45-48,76-77,99-101H,16-25,62H2,1-10H3,(H17-,63,64,65,66,67,68,69,70,71,72,73,74,75,78,79,80,81,82,83,84,85,86,87,88,89,90,91,92,93,94,95,96,97,98)/p+1/t29-,30-,31+,32+,34-,35-,36-,37-,38-,39-,40-,45-,46-,47-,48-/m0/s1. The van der Waals surface area contributed by atoms with Crippen LogP contribution < -0.4 is 75.3 Å². The predicted octanol–water partition coefficient (Wildman–Crippen LogP) is -7.24. The predicted molar refractivity (Wildman–Crippen MR) is 357 cm³/mol. The zero-order valence-electron chi connectivity index (χ0n) is 58.3. The van der Waals surface area contributed by atoms with E-state index in [2.05, 4.69) is 63.8 Å². The number of primary amides is 1. The number of nitrogens with one attached hydrogen (secondary N) is 12. The van der Waals surface area contributed by atoms with Gasteiger partial charge in [0, 0.05) is 25.7 Å². The van der Waals surface area contributed by atoms with Gasteiger partial charge in [-0.15, -0.1) is 4.52 Å². The lowest BCUT2D eigenvalue weighted by Crippen LogP contribution is -2.63. The Kier molecular flexibility index (Phi) is 39.0. The molecule has 0 saturated heterocycles. The van der Waals surface area contributed by atoms with Crippen LogP contribution in [-0.4, -0.2) is 243 Å². The third-order valence-electron chi connectivity index (χ3n) is 15.1. The fourth-order valence-electron chi connectivity index (χ4n) is 9.42. The average molecular weight is 1490 g/mol. The summed E-state index contributed by atoms with van der Waals surface area (Å²) in [4.78, 5) is 253. The van der Waals surface area contributed by atoms with E-state index in [1.807, 2.05) is 0 Å². The molecule has 0 heterocycles. The van der Waals surface area contributed by atoms with Crippen LogP contribution in [0.1, 0.15) is 126 Å². The Morgan fingerprint density at radius 2 is 0.796 bits per heavy atom. The second kappa shape index (κ2) is 44.0. The molecular formula is C61H98N14O27P+. The van der Waals surface area contributed by atoms with Gasteiger partial charge in [0.2, 0.25) is 76.8 Å². The number of carbonyl (C=O) groups is 17. The van der Waals surface area contributed by atoms with Gasteiger partial charge in [0.1, 0.15) is 84.6 Å². The Morgan fingerprint density at radius 1 is 0.427 bits per heavy atom. The third-order valence-corrected chi connectivity index (χ3v) is 15.7. The van der Waals surface area contributed by atoms with Crippen LogP contribution in [0.3, 0.4) is 0 Å². The van der Waals surface area contributed by atoms with Crippen LogP contribution in [0, 0.1) is 17.8 Å². The molecule has 0 aliphatic heterocycles. The molecule has 25 N–H and O–H groups in total. The van der Waals surface area contributed by atoms with Crippen molar-refractivity contribution in [3.05, 3.63) is 35.9 Å². The first kappa shape index (κ1) is 91.4. The van der Waals surface area contributed by atoms with Gasteiger partial charge in [-0.05, 0) is 76.7 Å². The fraction of sp³-hybridized carbons (Fsp3) is 0.623. The summed E-state index contributed by atoms with van der Waals surface area (Å²) in [5.74, 6) is -23.5. The van der Waals surface area contributed by atoms with Crippen LogP contribution in [0.5, 0.6) is 0 Å². The number of benzene rings is 1. The highest BCUT2D eigenvalue weighted by molar-refractivity contribution is 7.53. The van der Waals surface area contributed by atoms with Gasteiger partial charge in [-0.3, -0.25) is 76.7 Å². The van der Waals surface area contributed by atoms with E-state index < -0.39 is 257 Å². The number of rotatable bonds is 47. The first-order chi connectivity index (χ1) is 47.7. The van der Waals surface area contributed by atoms with Crippen LogP contribution in [-0.2, 0) is 92.5 Å². The zero-order valence-corrected chi connectivity index (χ0v) is 59.2. The van der Waals surface area contributed by atoms with Crippen molar-refractivity contribution in [2.45, 2.75) is 218 Å². The number of carbonyl (C=O) groups excluding carboxylic acids is 13. The number of nitrogens with two attached hydrogens (primary N) is 2. The summed E-state index contributed by atoms with van der Waals surface area (Å²) < 4.78 is 4.80. The maximum absolute atomic E-state index is 14.2. The Labute approximate surface area is 591 Å². The van der Waals surface area contributed by atoms with Crippen molar-refractivity contribution in [3.8, 4) is 0 Å². The first-order valence-electron chi connectivity index (χ1n) is 32.3. The van der Waals surface area contributed by atoms with Crippen molar-refractivity contribution < 1.29 is 131 Å². The zero-order chi connectivity index (χ0) is 79.1. The smallest absolute Gasteiger partial charge is 0.481 e. The second-order valence-electron chi connectivity index (χ2n) is 25.2. The molecule has 41 nitrogen and oxygen atoms in total. The lowest BCUT2D eigenvalue weighted by Gasteiger charge is -2.30. The molecule has 0 aromatic heterocycles. The number of aliphatic carboxylic acids is 4. The van der Waals surface area contributed by atoms with E-state index in [9.17, 15) is 127 Å². The van der Waals surface area contributed by atoms with Crippen LogP contribution >= 0.6 is 8.17 Å². The van der Waals surface area contributed by atoms with E-state index >= 15 is 0 Å². The van der Waals surface area contributed by atoms with Gasteiger partial charge in [0.15, 0.2) is 0 Å². The Balaban J connectivity index is 3.52. The van der Waals surface area contributed by atoms with Crippen molar-refractivity contribution in [2.75, 3.05) is 6.61 Å². The Morgan fingerprint density at radius 3 is 1.23 bits per heavy atom. The molecule has 0 radical (unpaired) electrons. The van der Waals surface area contributed by atoms with Crippen molar-refractivity contribution in [1.29, 1.82) is 0 Å². The molecule has 0 fully saturated rings. The largest absolute Gasteiger partial charge is 0.567 e. The van der Waals surface area contributed by atoms with Crippen molar-refractivity contribution in [1.82, 2.24) is 63.8 Å². The summed E-state index contributed by atoms with van der Waals surface area (Å²) in [6.45, 7) is 12.2. The number of carboxylic acids is 4. The van der Waals surface area contributed by atoms with Gasteiger partial charge in [-0.25, -0.2) is 4.79 Å². The van der Waals surface area contributed by atoms with Gasteiger partial charge in [0.05, 0.1) is 19.1 Å². The van der Waals surface area contributed by atoms with E-state index in [1.54, 1.807) is 44.2 Å². The Bertz CT molecular complexity index is 3160. The highest BCUT2D eigenvalue weighted by Crippen LogP contribution is 2.47. The molecule has 13 amide bonds. The molecule has 15 atom stereocenters. The highest BCUT2D eigenvalue weighted by Gasteiger charge is 2.44. The van der Waals surface area contributed by atoms with E-state index in [0.717, 1.165) is 27.7 Å². The van der Waals surface area contributed by atoms with Crippen molar-refractivity contribution in [2.24, 2.45) is 29.2 Å². The number of amides is 13. The summed E-state index contributed by atoms with van der Waals surface area (Å²) in [5, 5.41) is 85.6. The summed E-state index contributed by atoms with van der Waals surface area (Å²) in [5.41, 5.74) is 11.2. The number of hydrogen-bond donors (Lipinski definition) is 23. The lowest BCUT2D eigenvalue weighted by molar-refractivity contribution is -0.143. The highest BCUT2D eigenvalue weighted by atomic mass is 31.2. The molecule has 0 saturated carbocycles. The molecule has 1 rings (SSSR count). The fourth-order valence-corrected chi connectivity index (χ4v) is 9.99. The van der Waals surface area contributed by atoms with Crippen molar-refractivity contribution >= 4 is 109 Å². The summed E-state index contributed by atoms with van der Waals surface area (Å²) >= 11 is 0. The van der Waals surface area contributed by atoms with E-state index in [-0.39, 0.29) is 25.2 Å². The first-order valence-corrected chi connectivity index (χ1v) is 33.9. The van der Waals surface area contributed by atoms with Gasteiger partial charge in [-0.2, -0.15) is 14.7 Å². The molecule has 0 aliphatic carbocycles. The maximum atomic E-state index is 14.2. The van der Waals surface area contributed by atoms with Crippen LogP contribution in [0.15, 0.2) is 30.3 Å². The minimum atomic E-state index is -5.33. The Hall–Kier alpha value is -9.64. The summed E-state index contributed by atoms with van der Waals surface area (Å²) in [6.07, 6.45) is -9.16. The summed E-state index contributed by atoms with van der Waals surface area (Å²) in [7, 11) is -5.33. The lowest BCUT2D eigenvalue weighted by atomic mass is 10.00. The number of carboxylic acid groups (broad SMARTS) is 4. The second-order valence-corrected chi connectivity index (χ2v) is 26.5. The van der Waals surface area contributed by atoms with Gasteiger partial charge in [-0.1, -0.05) is 71.9 Å². The molecule has 0 unspecified atom stereocenters. The molecule has 1 aromatic carbocycles. The SMILES string of the molecule is CC(C)C[C@H](NC(=O)[C@@H](N)CO)C(=O)N[C@@H](CCC(=O)O)C(=O)N[C@H](C(=O)N[C@H](C(=O)N[C@@H](CCC(=O)O)C(=O)N[C@@H](C)C(=O)N[C@@H](CC(=O)O)C(=O)N[C@@H](C)C(=O)N[C@H](C(=O)N[C@@H](Cc1ccccc1)C(=O)N[C@H](C(=O)N[C@@H](CCC(N)=O)C(=O)O)C(C)C)[C@@H](C)O)[C@@H](C)O[P+](O)(O)O)C(C)C. The van der Waals surface area contributed by atoms with E-state index in [1.165, 1.54) is 27.7 Å².